The molecule has 0 bridgehead atoms. The van der Waals surface area contributed by atoms with Gasteiger partial charge >= 0.3 is 0 Å². The predicted molar refractivity (Wildman–Crippen MR) is 71.4 cm³/mol. The summed E-state index contributed by atoms with van der Waals surface area (Å²) >= 11 is 0. The number of methoxy groups -OCH3 is 1. The van der Waals surface area contributed by atoms with E-state index in [-0.39, 0.29) is 12.0 Å². The Labute approximate surface area is 112 Å². The van der Waals surface area contributed by atoms with Crippen molar-refractivity contribution in [3.8, 4) is 5.75 Å². The first-order valence-electron chi connectivity index (χ1n) is 6.44. The van der Waals surface area contributed by atoms with Crippen LogP contribution in [-0.2, 0) is 14.3 Å². The van der Waals surface area contributed by atoms with Crippen LogP contribution in [0.4, 0.5) is 5.69 Å². The van der Waals surface area contributed by atoms with Gasteiger partial charge in [0, 0.05) is 19.4 Å². The summed E-state index contributed by atoms with van der Waals surface area (Å²) in [5.74, 6) is 0.678. The van der Waals surface area contributed by atoms with E-state index in [2.05, 4.69) is 5.32 Å². The third-order valence-electron chi connectivity index (χ3n) is 2.90. The van der Waals surface area contributed by atoms with Gasteiger partial charge in [-0.1, -0.05) is 0 Å². The largest absolute Gasteiger partial charge is 0.491 e. The lowest BCUT2D eigenvalue weighted by atomic mass is 10.2. The highest BCUT2D eigenvalue weighted by atomic mass is 16.5. The summed E-state index contributed by atoms with van der Waals surface area (Å²) in [5, 5.41) is 2.83. The van der Waals surface area contributed by atoms with Crippen molar-refractivity contribution in [3.05, 3.63) is 24.3 Å². The van der Waals surface area contributed by atoms with Crippen molar-refractivity contribution in [1.82, 2.24) is 0 Å². The Bertz CT molecular complexity index is 398. The van der Waals surface area contributed by atoms with Gasteiger partial charge in [0.15, 0.2) is 0 Å². The van der Waals surface area contributed by atoms with Crippen molar-refractivity contribution in [3.63, 3.8) is 0 Å². The molecule has 1 aromatic rings. The molecule has 1 unspecified atom stereocenters. The number of carbonyl (C=O) groups excluding carboxylic acids is 1. The van der Waals surface area contributed by atoms with E-state index < -0.39 is 0 Å². The first-order valence-corrected chi connectivity index (χ1v) is 6.44. The Morgan fingerprint density at radius 1 is 1.37 bits per heavy atom. The van der Waals surface area contributed by atoms with Crippen LogP contribution in [-0.4, -0.2) is 38.9 Å². The Kier molecular flexibility index (Phi) is 5.18. The fourth-order valence-corrected chi connectivity index (χ4v) is 1.88. The fraction of sp³-hybridized carbons (Fsp3) is 0.500. The van der Waals surface area contributed by atoms with Gasteiger partial charge in [-0.25, -0.2) is 0 Å². The molecule has 1 aromatic carbocycles. The number of amides is 1. The van der Waals surface area contributed by atoms with Gasteiger partial charge in [-0.2, -0.15) is 0 Å². The lowest BCUT2D eigenvalue weighted by molar-refractivity contribution is -0.124. The summed E-state index contributed by atoms with van der Waals surface area (Å²) in [4.78, 5) is 11.8. The summed E-state index contributed by atoms with van der Waals surface area (Å²) in [6.07, 6.45) is 1.44. The molecule has 2 rings (SSSR count). The molecule has 5 heteroatoms. The number of carbonyl (C=O) groups is 1. The van der Waals surface area contributed by atoms with Crippen molar-refractivity contribution in [1.29, 1.82) is 0 Å². The van der Waals surface area contributed by atoms with Crippen molar-refractivity contribution < 1.29 is 19.0 Å². The summed E-state index contributed by atoms with van der Waals surface area (Å²) in [6.45, 7) is 1.74. The SMILES string of the molecule is COCCOc1ccc(NC(=O)C2CCCO2)cc1. The number of hydrogen-bond acceptors (Lipinski definition) is 4. The van der Waals surface area contributed by atoms with Crippen LogP contribution in [0.3, 0.4) is 0 Å². The molecule has 0 saturated carbocycles. The molecule has 1 saturated heterocycles. The van der Waals surface area contributed by atoms with E-state index in [1.807, 2.05) is 24.3 Å². The van der Waals surface area contributed by atoms with Crippen LogP contribution in [0, 0.1) is 0 Å². The second-order valence-electron chi connectivity index (χ2n) is 4.36. The molecule has 1 amide bonds. The molecule has 1 fully saturated rings. The Balaban J connectivity index is 1.82. The summed E-state index contributed by atoms with van der Waals surface area (Å²) in [6, 6.07) is 7.27. The highest BCUT2D eigenvalue weighted by Crippen LogP contribution is 2.18. The smallest absolute Gasteiger partial charge is 0.253 e. The van der Waals surface area contributed by atoms with E-state index in [1.165, 1.54) is 0 Å². The van der Waals surface area contributed by atoms with Gasteiger partial charge in [-0.3, -0.25) is 4.79 Å². The Morgan fingerprint density at radius 3 is 2.79 bits per heavy atom. The number of ether oxygens (including phenoxy) is 3. The molecule has 0 spiro atoms. The van der Waals surface area contributed by atoms with Crippen LogP contribution < -0.4 is 10.1 Å². The summed E-state index contributed by atoms with van der Waals surface area (Å²) in [7, 11) is 1.63. The van der Waals surface area contributed by atoms with Crippen LogP contribution >= 0.6 is 0 Å². The van der Waals surface area contributed by atoms with E-state index in [9.17, 15) is 4.79 Å². The van der Waals surface area contributed by atoms with Gasteiger partial charge in [0.05, 0.1) is 6.61 Å². The van der Waals surface area contributed by atoms with Crippen LogP contribution in [0.25, 0.3) is 0 Å². The normalized spacial score (nSPS) is 18.3. The molecular formula is C14H19NO4. The Morgan fingerprint density at radius 2 is 2.16 bits per heavy atom. The summed E-state index contributed by atoms with van der Waals surface area (Å²) in [5.41, 5.74) is 0.750. The monoisotopic (exact) mass is 265 g/mol. The maximum absolute atomic E-state index is 11.8. The van der Waals surface area contributed by atoms with E-state index >= 15 is 0 Å². The molecule has 0 aliphatic carbocycles. The van der Waals surface area contributed by atoms with E-state index in [0.29, 0.717) is 19.8 Å². The van der Waals surface area contributed by atoms with Crippen molar-refractivity contribution in [2.75, 3.05) is 32.2 Å². The van der Waals surface area contributed by atoms with E-state index in [1.54, 1.807) is 7.11 Å². The average Bonchev–Trinajstić information content (AvgIpc) is 2.95. The van der Waals surface area contributed by atoms with Crippen LogP contribution in [0.2, 0.25) is 0 Å². The minimum Gasteiger partial charge on any atom is -0.491 e. The second kappa shape index (κ2) is 7.11. The fourth-order valence-electron chi connectivity index (χ4n) is 1.88. The minimum atomic E-state index is -0.308. The standard InChI is InChI=1S/C14H19NO4/c1-17-9-10-18-12-6-4-11(5-7-12)15-14(16)13-3-2-8-19-13/h4-7,13H,2-3,8-10H2,1H3,(H,15,16). The zero-order valence-electron chi connectivity index (χ0n) is 11.1. The first-order chi connectivity index (χ1) is 9.29. The molecule has 104 valence electrons. The zero-order valence-corrected chi connectivity index (χ0v) is 11.1. The molecule has 1 aliphatic rings. The molecule has 19 heavy (non-hydrogen) atoms. The minimum absolute atomic E-state index is 0.0782. The number of hydrogen-bond donors (Lipinski definition) is 1. The number of nitrogens with one attached hydrogen (secondary N) is 1. The molecule has 5 nitrogen and oxygen atoms in total. The molecule has 1 atom stereocenters. The zero-order chi connectivity index (χ0) is 13.5. The summed E-state index contributed by atoms with van der Waals surface area (Å²) < 4.78 is 15.7. The lowest BCUT2D eigenvalue weighted by Crippen LogP contribution is -2.26. The number of benzene rings is 1. The van der Waals surface area contributed by atoms with Gasteiger partial charge in [0.1, 0.15) is 18.5 Å². The lowest BCUT2D eigenvalue weighted by Gasteiger charge is -2.11. The van der Waals surface area contributed by atoms with Crippen molar-refractivity contribution in [2.24, 2.45) is 0 Å². The number of rotatable bonds is 6. The predicted octanol–water partition coefficient (Wildman–Crippen LogP) is 1.83. The van der Waals surface area contributed by atoms with Crippen LogP contribution in [0.5, 0.6) is 5.75 Å². The quantitative estimate of drug-likeness (QED) is 0.797. The molecule has 1 aliphatic heterocycles. The van der Waals surface area contributed by atoms with Crippen LogP contribution in [0.1, 0.15) is 12.8 Å². The first kappa shape index (κ1) is 13.8. The average molecular weight is 265 g/mol. The third-order valence-corrected chi connectivity index (χ3v) is 2.90. The molecule has 1 heterocycles. The Hall–Kier alpha value is -1.59. The van der Waals surface area contributed by atoms with E-state index in [4.69, 9.17) is 14.2 Å². The number of anilines is 1. The van der Waals surface area contributed by atoms with Crippen LogP contribution in [0.15, 0.2) is 24.3 Å². The topological polar surface area (TPSA) is 56.8 Å². The van der Waals surface area contributed by atoms with Gasteiger partial charge in [-0.05, 0) is 37.1 Å². The van der Waals surface area contributed by atoms with E-state index in [0.717, 1.165) is 24.3 Å². The maximum Gasteiger partial charge on any atom is 0.253 e. The maximum atomic E-state index is 11.8. The highest BCUT2D eigenvalue weighted by Gasteiger charge is 2.23. The molecule has 0 radical (unpaired) electrons. The molecule has 1 N–H and O–H groups in total. The third kappa shape index (κ3) is 4.22. The van der Waals surface area contributed by atoms with Gasteiger partial charge in [0.2, 0.25) is 0 Å². The van der Waals surface area contributed by atoms with Gasteiger partial charge in [-0.15, -0.1) is 0 Å². The second-order valence-corrected chi connectivity index (χ2v) is 4.36. The molecule has 0 aromatic heterocycles. The highest BCUT2D eigenvalue weighted by molar-refractivity contribution is 5.94. The van der Waals surface area contributed by atoms with Gasteiger partial charge in [0.25, 0.3) is 5.91 Å². The van der Waals surface area contributed by atoms with Crippen molar-refractivity contribution in [2.45, 2.75) is 18.9 Å². The molecular weight excluding hydrogens is 246 g/mol. The van der Waals surface area contributed by atoms with Gasteiger partial charge < -0.3 is 19.5 Å². The van der Waals surface area contributed by atoms with Crippen molar-refractivity contribution >= 4 is 11.6 Å².